The predicted octanol–water partition coefficient (Wildman–Crippen LogP) is 3.40. The van der Waals surface area contributed by atoms with E-state index in [0.29, 0.717) is 6.04 Å². The van der Waals surface area contributed by atoms with Crippen LogP contribution in [-0.2, 0) is 6.42 Å². The second-order valence-electron chi connectivity index (χ2n) is 5.94. The smallest absolute Gasteiger partial charge is 0.0640 e. The van der Waals surface area contributed by atoms with Crippen LogP contribution in [0.25, 0.3) is 0 Å². The van der Waals surface area contributed by atoms with Gasteiger partial charge < -0.3 is 5.73 Å². The molecule has 4 heteroatoms. The molecule has 0 saturated heterocycles. The summed E-state index contributed by atoms with van der Waals surface area (Å²) in [5.41, 5.74) is 7.37. The van der Waals surface area contributed by atoms with Crippen LogP contribution in [0.5, 0.6) is 0 Å². The van der Waals surface area contributed by atoms with Crippen LogP contribution < -0.4 is 5.73 Å². The van der Waals surface area contributed by atoms with E-state index in [9.17, 15) is 0 Å². The minimum Gasteiger partial charge on any atom is -0.327 e. The van der Waals surface area contributed by atoms with Gasteiger partial charge in [0, 0.05) is 35.7 Å². The number of aromatic nitrogens is 2. The molecule has 0 radical (unpaired) electrons. The number of hydrogen-bond donors (Lipinski definition) is 1. The number of thioether (sulfide) groups is 1. The van der Waals surface area contributed by atoms with Crippen LogP contribution in [0.2, 0.25) is 0 Å². The highest BCUT2D eigenvalue weighted by Crippen LogP contribution is 2.28. The Kier molecular flexibility index (Phi) is 5.76. The third kappa shape index (κ3) is 4.84. The van der Waals surface area contributed by atoms with Crippen molar-refractivity contribution in [3.8, 4) is 0 Å². The van der Waals surface area contributed by atoms with Gasteiger partial charge in [-0.2, -0.15) is 16.9 Å². The van der Waals surface area contributed by atoms with E-state index < -0.39 is 0 Å². The summed E-state index contributed by atoms with van der Waals surface area (Å²) >= 11 is 2.08. The maximum absolute atomic E-state index is 6.24. The number of nitrogens with zero attached hydrogens (tertiary/aromatic N) is 2. The molecule has 1 unspecified atom stereocenters. The average Bonchev–Trinajstić information content (AvgIpc) is 2.86. The fourth-order valence-electron chi connectivity index (χ4n) is 2.59. The fraction of sp³-hybridized carbons (Fsp3) is 0.800. The summed E-state index contributed by atoms with van der Waals surface area (Å²) in [6, 6.07) is 2.77. The molecule has 0 aliphatic heterocycles. The quantitative estimate of drug-likeness (QED) is 0.869. The molecule has 1 saturated carbocycles. The van der Waals surface area contributed by atoms with Crippen molar-refractivity contribution >= 4 is 11.8 Å². The van der Waals surface area contributed by atoms with Crippen molar-refractivity contribution < 1.29 is 0 Å². The predicted molar refractivity (Wildman–Crippen MR) is 83.6 cm³/mol. The van der Waals surface area contributed by atoms with E-state index in [1.807, 2.05) is 4.68 Å². The van der Waals surface area contributed by atoms with E-state index in [0.717, 1.165) is 23.1 Å². The summed E-state index contributed by atoms with van der Waals surface area (Å²) in [7, 11) is 0. The summed E-state index contributed by atoms with van der Waals surface area (Å²) in [6.45, 7) is 4.30. The van der Waals surface area contributed by atoms with Gasteiger partial charge in [0.15, 0.2) is 0 Å². The molecule has 1 fully saturated rings. The Morgan fingerprint density at radius 2 is 2.11 bits per heavy atom. The number of hydrogen-bond acceptors (Lipinski definition) is 3. The molecule has 0 spiro atoms. The van der Waals surface area contributed by atoms with Crippen molar-refractivity contribution in [3.63, 3.8) is 0 Å². The molecule has 1 heterocycles. The number of nitrogens with two attached hydrogens (primary N) is 1. The van der Waals surface area contributed by atoms with Crippen LogP contribution in [0.3, 0.4) is 0 Å². The van der Waals surface area contributed by atoms with Crippen molar-refractivity contribution in [1.29, 1.82) is 0 Å². The highest BCUT2D eigenvalue weighted by Gasteiger charge is 2.16. The Labute approximate surface area is 121 Å². The number of rotatable bonds is 6. The van der Waals surface area contributed by atoms with Gasteiger partial charge in [0.1, 0.15) is 0 Å². The highest BCUT2D eigenvalue weighted by molar-refractivity contribution is 7.99. The second kappa shape index (κ2) is 7.34. The molecular weight excluding hydrogens is 254 g/mol. The van der Waals surface area contributed by atoms with Crippen LogP contribution in [0.1, 0.15) is 57.7 Å². The Hall–Kier alpha value is -0.480. The molecule has 3 nitrogen and oxygen atoms in total. The summed E-state index contributed by atoms with van der Waals surface area (Å²) in [5, 5.41) is 5.43. The van der Waals surface area contributed by atoms with E-state index in [1.165, 1.54) is 32.1 Å². The van der Waals surface area contributed by atoms with E-state index in [4.69, 9.17) is 5.73 Å². The molecule has 1 aromatic heterocycles. The first-order valence-electron chi connectivity index (χ1n) is 7.56. The summed E-state index contributed by atoms with van der Waals surface area (Å²) < 4.78 is 2.01. The maximum Gasteiger partial charge on any atom is 0.0640 e. The average molecular weight is 281 g/mol. The summed E-state index contributed by atoms with van der Waals surface area (Å²) in [5.74, 6) is 1.07. The van der Waals surface area contributed by atoms with Gasteiger partial charge in [0.2, 0.25) is 0 Å². The third-order valence-electron chi connectivity index (χ3n) is 3.76. The standard InChI is InChI=1S/C15H27N3S/c1-12(2)18-9-8-14(17-18)10-13(16)11-19-15-6-4-3-5-7-15/h8-9,12-13,15H,3-7,10-11,16H2,1-2H3. The van der Waals surface area contributed by atoms with E-state index in [1.54, 1.807) is 0 Å². The largest absolute Gasteiger partial charge is 0.327 e. The molecule has 2 N–H and O–H groups in total. The molecule has 19 heavy (non-hydrogen) atoms. The fourth-order valence-corrected chi connectivity index (χ4v) is 3.90. The lowest BCUT2D eigenvalue weighted by molar-refractivity contribution is 0.514. The van der Waals surface area contributed by atoms with Crippen LogP contribution in [-0.4, -0.2) is 26.8 Å². The molecule has 1 aromatic rings. The highest BCUT2D eigenvalue weighted by atomic mass is 32.2. The Balaban J connectivity index is 1.72. The molecule has 0 bridgehead atoms. The molecule has 1 aliphatic rings. The Morgan fingerprint density at radius 3 is 2.74 bits per heavy atom. The minimum absolute atomic E-state index is 0.238. The summed E-state index contributed by atoms with van der Waals surface area (Å²) in [4.78, 5) is 0. The first-order chi connectivity index (χ1) is 9.15. The van der Waals surface area contributed by atoms with Crippen LogP contribution in [0, 0.1) is 0 Å². The molecule has 2 rings (SSSR count). The first-order valence-corrected chi connectivity index (χ1v) is 8.61. The van der Waals surface area contributed by atoms with Crippen molar-refractivity contribution in [1.82, 2.24) is 9.78 Å². The van der Waals surface area contributed by atoms with Gasteiger partial charge in [-0.15, -0.1) is 0 Å². The lowest BCUT2D eigenvalue weighted by Crippen LogP contribution is -2.27. The molecule has 108 valence electrons. The SMILES string of the molecule is CC(C)n1ccc(CC(N)CSC2CCCCC2)n1. The molecule has 1 aliphatic carbocycles. The third-order valence-corrected chi connectivity index (χ3v) is 5.33. The van der Waals surface area contributed by atoms with Crippen molar-refractivity contribution in [2.24, 2.45) is 5.73 Å². The van der Waals surface area contributed by atoms with Gasteiger partial charge in [-0.05, 0) is 32.8 Å². The van der Waals surface area contributed by atoms with Gasteiger partial charge in [-0.25, -0.2) is 0 Å². The topological polar surface area (TPSA) is 43.8 Å². The van der Waals surface area contributed by atoms with E-state index >= 15 is 0 Å². The van der Waals surface area contributed by atoms with Crippen molar-refractivity contribution in [3.05, 3.63) is 18.0 Å². The molecule has 1 atom stereocenters. The summed E-state index contributed by atoms with van der Waals surface area (Å²) in [6.07, 6.45) is 9.98. The first kappa shape index (κ1) is 14.9. The van der Waals surface area contributed by atoms with Crippen LogP contribution in [0.15, 0.2) is 12.3 Å². The lowest BCUT2D eigenvalue weighted by atomic mass is 10.0. The Morgan fingerprint density at radius 1 is 1.37 bits per heavy atom. The monoisotopic (exact) mass is 281 g/mol. The Bertz CT molecular complexity index is 369. The molecule has 0 aromatic carbocycles. The van der Waals surface area contributed by atoms with Gasteiger partial charge >= 0.3 is 0 Å². The zero-order chi connectivity index (χ0) is 13.7. The van der Waals surface area contributed by atoms with Crippen LogP contribution in [0.4, 0.5) is 0 Å². The molecule has 0 amide bonds. The van der Waals surface area contributed by atoms with Gasteiger partial charge in [-0.3, -0.25) is 4.68 Å². The lowest BCUT2D eigenvalue weighted by Gasteiger charge is -2.22. The maximum atomic E-state index is 6.24. The molecular formula is C15H27N3S. The van der Waals surface area contributed by atoms with Crippen molar-refractivity contribution in [2.45, 2.75) is 69.7 Å². The minimum atomic E-state index is 0.238. The normalized spacial score (nSPS) is 18.9. The van der Waals surface area contributed by atoms with E-state index in [-0.39, 0.29) is 6.04 Å². The van der Waals surface area contributed by atoms with Crippen LogP contribution >= 0.6 is 11.8 Å². The zero-order valence-electron chi connectivity index (χ0n) is 12.2. The van der Waals surface area contributed by atoms with Gasteiger partial charge in [0.25, 0.3) is 0 Å². The van der Waals surface area contributed by atoms with Gasteiger partial charge in [0.05, 0.1) is 5.69 Å². The van der Waals surface area contributed by atoms with Crippen molar-refractivity contribution in [2.75, 3.05) is 5.75 Å². The van der Waals surface area contributed by atoms with E-state index in [2.05, 4.69) is 43.0 Å². The van der Waals surface area contributed by atoms with Gasteiger partial charge in [-0.1, -0.05) is 19.3 Å². The zero-order valence-corrected chi connectivity index (χ0v) is 13.0. The second-order valence-corrected chi connectivity index (χ2v) is 7.27.